The quantitative estimate of drug-likeness (QED) is 0.707. The van der Waals surface area contributed by atoms with E-state index in [0.717, 1.165) is 11.0 Å². The van der Waals surface area contributed by atoms with Gasteiger partial charge in [0.15, 0.2) is 6.23 Å². The van der Waals surface area contributed by atoms with E-state index in [0.29, 0.717) is 22.9 Å². The van der Waals surface area contributed by atoms with E-state index in [1.807, 2.05) is 49.4 Å². The molecule has 29 heavy (non-hydrogen) atoms. The maximum Gasteiger partial charge on any atom is 0.257 e. The molecule has 1 fully saturated rings. The van der Waals surface area contributed by atoms with Gasteiger partial charge in [-0.05, 0) is 45.0 Å². The molecule has 1 N–H and O–H groups in total. The summed E-state index contributed by atoms with van der Waals surface area (Å²) < 4.78 is 17.4. The number of benzene rings is 2. The van der Waals surface area contributed by atoms with Crippen LogP contribution in [0.25, 0.3) is 11.0 Å². The van der Waals surface area contributed by atoms with Gasteiger partial charge in [-0.15, -0.1) is 0 Å². The summed E-state index contributed by atoms with van der Waals surface area (Å²) in [7, 11) is 3.18. The highest BCUT2D eigenvalue weighted by molar-refractivity contribution is 5.87. The average molecular weight is 395 g/mol. The maximum atomic E-state index is 13.3. The summed E-state index contributed by atoms with van der Waals surface area (Å²) in [5.41, 5.74) is 1.47. The molecule has 1 aliphatic rings. The second-order valence-electron chi connectivity index (χ2n) is 7.58. The fourth-order valence-corrected chi connectivity index (χ4v) is 3.81. The Bertz CT molecular complexity index is 1000. The molecule has 4 rings (SSSR count). The minimum absolute atomic E-state index is 0.122. The number of imidazole rings is 1. The van der Waals surface area contributed by atoms with Crippen LogP contribution in [0.5, 0.6) is 11.5 Å². The van der Waals surface area contributed by atoms with Crippen LogP contribution in [0.2, 0.25) is 0 Å². The third kappa shape index (κ3) is 3.11. The zero-order valence-corrected chi connectivity index (χ0v) is 17.2. The maximum absolute atomic E-state index is 13.3. The second-order valence-corrected chi connectivity index (χ2v) is 7.58. The number of fused-ring (bicyclic) bond motifs is 1. The van der Waals surface area contributed by atoms with Crippen molar-refractivity contribution < 1.29 is 19.0 Å². The average Bonchev–Trinajstić information content (AvgIpc) is 3.25. The number of methoxy groups -OCH3 is 2. The molecule has 0 spiro atoms. The third-order valence-electron chi connectivity index (χ3n) is 5.34. The summed E-state index contributed by atoms with van der Waals surface area (Å²) in [5.74, 6) is 1.77. The van der Waals surface area contributed by atoms with E-state index >= 15 is 0 Å². The monoisotopic (exact) mass is 395 g/mol. The molecule has 0 bridgehead atoms. The van der Waals surface area contributed by atoms with Crippen LogP contribution in [0.1, 0.15) is 44.4 Å². The summed E-state index contributed by atoms with van der Waals surface area (Å²) in [4.78, 5) is 23.0. The number of aromatic amines is 1. The van der Waals surface area contributed by atoms with Crippen molar-refractivity contribution in [3.8, 4) is 11.5 Å². The van der Waals surface area contributed by atoms with E-state index < -0.39 is 11.8 Å². The normalized spacial score (nSPS) is 19.6. The zero-order valence-electron chi connectivity index (χ0n) is 17.2. The van der Waals surface area contributed by atoms with E-state index in [4.69, 9.17) is 14.2 Å². The number of aromatic nitrogens is 2. The number of carbonyl (C=O) groups excluding carboxylic acids is 1. The Kier molecular flexibility index (Phi) is 4.70. The van der Waals surface area contributed by atoms with Crippen LogP contribution in [-0.4, -0.2) is 40.6 Å². The molecule has 2 aromatic carbocycles. The first-order chi connectivity index (χ1) is 13.9. The van der Waals surface area contributed by atoms with Crippen molar-refractivity contribution in [1.29, 1.82) is 0 Å². The number of para-hydroxylation sites is 2. The minimum atomic E-state index is -0.989. The molecule has 7 heteroatoms. The molecule has 0 aliphatic carbocycles. The molecule has 1 amide bonds. The van der Waals surface area contributed by atoms with Gasteiger partial charge >= 0.3 is 0 Å². The first kappa shape index (κ1) is 19.3. The molecule has 2 atom stereocenters. The highest BCUT2D eigenvalue weighted by Gasteiger charge is 2.51. The van der Waals surface area contributed by atoms with Gasteiger partial charge in [-0.1, -0.05) is 18.2 Å². The summed E-state index contributed by atoms with van der Waals surface area (Å²) in [6.45, 7) is 5.49. The van der Waals surface area contributed by atoms with Crippen LogP contribution >= 0.6 is 0 Å². The van der Waals surface area contributed by atoms with E-state index in [-0.39, 0.29) is 11.9 Å². The number of rotatable bonds is 5. The second kappa shape index (κ2) is 7.08. The Labute approximate surface area is 169 Å². The highest BCUT2D eigenvalue weighted by Crippen LogP contribution is 2.47. The predicted octanol–water partition coefficient (Wildman–Crippen LogP) is 3.98. The topological polar surface area (TPSA) is 76.7 Å². The van der Waals surface area contributed by atoms with Gasteiger partial charge in [0.25, 0.3) is 5.91 Å². The van der Waals surface area contributed by atoms with E-state index in [1.54, 1.807) is 33.0 Å². The van der Waals surface area contributed by atoms with Gasteiger partial charge in [-0.25, -0.2) is 4.98 Å². The summed E-state index contributed by atoms with van der Waals surface area (Å²) >= 11 is 0. The Morgan fingerprint density at radius 2 is 1.76 bits per heavy atom. The molecule has 1 aromatic heterocycles. The molecule has 7 nitrogen and oxygen atoms in total. The van der Waals surface area contributed by atoms with Crippen LogP contribution < -0.4 is 9.47 Å². The van der Waals surface area contributed by atoms with Crippen molar-refractivity contribution in [2.45, 2.75) is 38.6 Å². The van der Waals surface area contributed by atoms with Gasteiger partial charge in [0.2, 0.25) is 0 Å². The van der Waals surface area contributed by atoms with E-state index in [1.165, 1.54) is 0 Å². The van der Waals surface area contributed by atoms with Crippen LogP contribution in [0.15, 0.2) is 42.5 Å². The minimum Gasteiger partial charge on any atom is -0.496 e. The van der Waals surface area contributed by atoms with Gasteiger partial charge in [-0.3, -0.25) is 9.69 Å². The number of carbonyl (C=O) groups is 1. The highest BCUT2D eigenvalue weighted by atomic mass is 16.6. The number of hydrogen-bond donors (Lipinski definition) is 1. The molecular weight excluding hydrogens is 370 g/mol. The summed E-state index contributed by atoms with van der Waals surface area (Å²) in [6.07, 6.45) is -0.674. The number of ether oxygens (including phenoxy) is 3. The van der Waals surface area contributed by atoms with Crippen molar-refractivity contribution in [3.63, 3.8) is 0 Å². The lowest BCUT2D eigenvalue weighted by Gasteiger charge is -2.30. The molecule has 1 saturated heterocycles. The van der Waals surface area contributed by atoms with Gasteiger partial charge in [0, 0.05) is 0 Å². The van der Waals surface area contributed by atoms with E-state index in [9.17, 15) is 4.79 Å². The Balaban J connectivity index is 1.82. The van der Waals surface area contributed by atoms with Gasteiger partial charge in [0.05, 0.1) is 36.9 Å². The molecular formula is C22H25N3O4. The first-order valence-electron chi connectivity index (χ1n) is 9.53. The predicted molar refractivity (Wildman–Crippen MR) is 109 cm³/mol. The number of amides is 1. The van der Waals surface area contributed by atoms with Crippen molar-refractivity contribution in [1.82, 2.24) is 14.9 Å². The SMILES string of the molecule is COc1cccc(OC)c1C1OC(C)(C)C(=O)N1C(C)c1nc2ccccc2[nH]1. The molecule has 2 heterocycles. The molecule has 2 unspecified atom stereocenters. The van der Waals surface area contributed by atoms with Gasteiger partial charge < -0.3 is 19.2 Å². The van der Waals surface area contributed by atoms with Crippen LogP contribution in [0, 0.1) is 0 Å². The fourth-order valence-electron chi connectivity index (χ4n) is 3.81. The molecule has 3 aromatic rings. The standard InChI is InChI=1S/C22H25N3O4/c1-13(19-23-14-9-6-7-10-15(14)24-19)25-20(29-22(2,3)21(25)26)18-16(27-4)11-8-12-17(18)28-5/h6-13,20H,1-5H3,(H,23,24). The number of hydrogen-bond acceptors (Lipinski definition) is 5. The Morgan fingerprint density at radius 3 is 2.38 bits per heavy atom. The van der Waals surface area contributed by atoms with Crippen LogP contribution in [0.3, 0.4) is 0 Å². The number of nitrogens with zero attached hydrogens (tertiary/aromatic N) is 2. The Hall–Kier alpha value is -3.06. The largest absolute Gasteiger partial charge is 0.496 e. The molecule has 0 radical (unpaired) electrons. The molecule has 0 saturated carbocycles. The molecule has 152 valence electrons. The van der Waals surface area contributed by atoms with Crippen LogP contribution in [0.4, 0.5) is 0 Å². The Morgan fingerprint density at radius 1 is 1.10 bits per heavy atom. The summed E-state index contributed by atoms with van der Waals surface area (Å²) in [5, 5.41) is 0. The van der Waals surface area contributed by atoms with Crippen molar-refractivity contribution in [2.75, 3.05) is 14.2 Å². The van der Waals surface area contributed by atoms with E-state index in [2.05, 4.69) is 9.97 Å². The lowest BCUT2D eigenvalue weighted by Crippen LogP contribution is -2.38. The number of nitrogens with one attached hydrogen (secondary N) is 1. The van der Waals surface area contributed by atoms with Crippen molar-refractivity contribution >= 4 is 16.9 Å². The van der Waals surface area contributed by atoms with Crippen molar-refractivity contribution in [3.05, 3.63) is 53.9 Å². The third-order valence-corrected chi connectivity index (χ3v) is 5.34. The lowest BCUT2D eigenvalue weighted by atomic mass is 10.1. The number of H-pyrrole nitrogens is 1. The van der Waals surface area contributed by atoms with Gasteiger partial charge in [0.1, 0.15) is 22.9 Å². The van der Waals surface area contributed by atoms with Crippen LogP contribution in [-0.2, 0) is 9.53 Å². The fraction of sp³-hybridized carbons (Fsp3) is 0.364. The molecule has 1 aliphatic heterocycles. The zero-order chi connectivity index (χ0) is 20.8. The van der Waals surface area contributed by atoms with Gasteiger partial charge in [-0.2, -0.15) is 0 Å². The summed E-state index contributed by atoms with van der Waals surface area (Å²) in [6, 6.07) is 13.0. The smallest absolute Gasteiger partial charge is 0.257 e. The first-order valence-corrected chi connectivity index (χ1v) is 9.53. The van der Waals surface area contributed by atoms with Crippen molar-refractivity contribution in [2.24, 2.45) is 0 Å². The lowest BCUT2D eigenvalue weighted by molar-refractivity contribution is -0.136.